The van der Waals surface area contributed by atoms with E-state index in [1.807, 2.05) is 12.3 Å². The fourth-order valence-corrected chi connectivity index (χ4v) is 3.23. The molecule has 1 aliphatic carbocycles. The first-order chi connectivity index (χ1) is 10.0. The summed E-state index contributed by atoms with van der Waals surface area (Å²) in [5.41, 5.74) is 1.22. The highest BCUT2D eigenvalue weighted by molar-refractivity contribution is 5.18. The van der Waals surface area contributed by atoms with E-state index in [1.54, 1.807) is 0 Å². The molecule has 1 N–H and O–H groups in total. The lowest BCUT2D eigenvalue weighted by molar-refractivity contribution is 0.0967. The van der Waals surface area contributed by atoms with Crippen molar-refractivity contribution in [1.29, 1.82) is 0 Å². The van der Waals surface area contributed by atoms with Gasteiger partial charge in [-0.2, -0.15) is 0 Å². The Kier molecular flexibility index (Phi) is 6.04. The SMILES string of the molecule is CC(C)CNCc1ccc(OC2CC(C)CC(C)C2)nc1. The molecule has 0 saturated heterocycles. The highest BCUT2D eigenvalue weighted by atomic mass is 16.5. The van der Waals surface area contributed by atoms with E-state index in [-0.39, 0.29) is 0 Å². The van der Waals surface area contributed by atoms with E-state index in [4.69, 9.17) is 4.74 Å². The smallest absolute Gasteiger partial charge is 0.213 e. The first kappa shape index (κ1) is 16.3. The zero-order chi connectivity index (χ0) is 15.2. The minimum absolute atomic E-state index is 0.334. The van der Waals surface area contributed by atoms with Gasteiger partial charge in [0, 0.05) is 18.8 Å². The van der Waals surface area contributed by atoms with Crippen molar-refractivity contribution in [2.75, 3.05) is 6.54 Å². The van der Waals surface area contributed by atoms with Crippen LogP contribution in [-0.4, -0.2) is 17.6 Å². The summed E-state index contributed by atoms with van der Waals surface area (Å²) in [5.74, 6) is 2.97. The maximum absolute atomic E-state index is 6.06. The molecule has 0 spiro atoms. The number of hydrogen-bond donors (Lipinski definition) is 1. The van der Waals surface area contributed by atoms with Crippen LogP contribution < -0.4 is 10.1 Å². The number of rotatable bonds is 6. The molecule has 1 fully saturated rings. The Hall–Kier alpha value is -1.09. The molecule has 2 atom stereocenters. The first-order valence-corrected chi connectivity index (χ1v) is 8.35. The molecule has 0 aliphatic heterocycles. The Morgan fingerprint density at radius 1 is 1.19 bits per heavy atom. The molecule has 3 nitrogen and oxygen atoms in total. The van der Waals surface area contributed by atoms with Crippen LogP contribution in [0.4, 0.5) is 0 Å². The highest BCUT2D eigenvalue weighted by Gasteiger charge is 2.25. The van der Waals surface area contributed by atoms with Crippen LogP contribution in [0.2, 0.25) is 0 Å². The Labute approximate surface area is 129 Å². The van der Waals surface area contributed by atoms with E-state index < -0.39 is 0 Å². The minimum atomic E-state index is 0.334. The van der Waals surface area contributed by atoms with Crippen LogP contribution in [0.15, 0.2) is 18.3 Å². The summed E-state index contributed by atoms with van der Waals surface area (Å²) in [4.78, 5) is 4.46. The van der Waals surface area contributed by atoms with Crippen molar-refractivity contribution in [3.05, 3.63) is 23.9 Å². The molecule has 1 saturated carbocycles. The van der Waals surface area contributed by atoms with Gasteiger partial charge in [0.05, 0.1) is 0 Å². The van der Waals surface area contributed by atoms with Crippen molar-refractivity contribution in [2.45, 2.75) is 59.6 Å². The van der Waals surface area contributed by atoms with Gasteiger partial charge in [0.15, 0.2) is 0 Å². The van der Waals surface area contributed by atoms with Gasteiger partial charge in [-0.05, 0) is 49.1 Å². The summed E-state index contributed by atoms with van der Waals surface area (Å²) in [6.45, 7) is 11.0. The van der Waals surface area contributed by atoms with Crippen LogP contribution >= 0.6 is 0 Å². The van der Waals surface area contributed by atoms with Crippen LogP contribution in [0, 0.1) is 17.8 Å². The summed E-state index contributed by atoms with van der Waals surface area (Å²) in [6.07, 6.45) is 5.90. The van der Waals surface area contributed by atoms with Crippen molar-refractivity contribution in [3.8, 4) is 5.88 Å². The standard InChI is InChI=1S/C18H30N2O/c1-13(2)10-19-11-16-5-6-18(20-12-16)21-17-8-14(3)7-15(4)9-17/h5-6,12-15,17,19H,7-11H2,1-4H3. The maximum atomic E-state index is 6.06. The van der Waals surface area contributed by atoms with Gasteiger partial charge in [0.1, 0.15) is 6.10 Å². The summed E-state index contributed by atoms with van der Waals surface area (Å²) < 4.78 is 6.06. The molecule has 0 bridgehead atoms. The second kappa shape index (κ2) is 7.79. The Bertz CT molecular complexity index is 406. The molecule has 2 rings (SSSR count). The van der Waals surface area contributed by atoms with E-state index in [0.29, 0.717) is 12.0 Å². The first-order valence-electron chi connectivity index (χ1n) is 8.35. The summed E-state index contributed by atoms with van der Waals surface area (Å²) in [5, 5.41) is 3.43. The molecular formula is C18H30N2O. The Morgan fingerprint density at radius 2 is 1.90 bits per heavy atom. The van der Waals surface area contributed by atoms with Crippen molar-refractivity contribution in [3.63, 3.8) is 0 Å². The lowest BCUT2D eigenvalue weighted by Gasteiger charge is -2.31. The van der Waals surface area contributed by atoms with E-state index in [9.17, 15) is 0 Å². The number of ether oxygens (including phenoxy) is 1. The van der Waals surface area contributed by atoms with Crippen LogP contribution in [0.5, 0.6) is 5.88 Å². The van der Waals surface area contributed by atoms with Gasteiger partial charge in [0.2, 0.25) is 5.88 Å². The van der Waals surface area contributed by atoms with E-state index in [1.165, 1.54) is 12.0 Å². The maximum Gasteiger partial charge on any atom is 0.213 e. The van der Waals surface area contributed by atoms with Gasteiger partial charge in [-0.1, -0.05) is 33.8 Å². The Morgan fingerprint density at radius 3 is 2.48 bits per heavy atom. The van der Waals surface area contributed by atoms with Crippen molar-refractivity contribution < 1.29 is 4.74 Å². The molecule has 1 aromatic heterocycles. The summed E-state index contributed by atoms with van der Waals surface area (Å²) in [6, 6.07) is 4.13. The van der Waals surface area contributed by atoms with Crippen LogP contribution in [-0.2, 0) is 6.54 Å². The van der Waals surface area contributed by atoms with Gasteiger partial charge >= 0.3 is 0 Å². The second-order valence-corrected chi connectivity index (χ2v) is 7.19. The van der Waals surface area contributed by atoms with Crippen molar-refractivity contribution in [1.82, 2.24) is 10.3 Å². The average molecular weight is 290 g/mol. The topological polar surface area (TPSA) is 34.1 Å². The molecule has 0 amide bonds. The van der Waals surface area contributed by atoms with Gasteiger partial charge < -0.3 is 10.1 Å². The number of pyridine rings is 1. The van der Waals surface area contributed by atoms with Crippen LogP contribution in [0.3, 0.4) is 0 Å². The second-order valence-electron chi connectivity index (χ2n) is 7.19. The lowest BCUT2D eigenvalue weighted by Crippen LogP contribution is -2.28. The van der Waals surface area contributed by atoms with Crippen LogP contribution in [0.25, 0.3) is 0 Å². The number of nitrogens with zero attached hydrogens (tertiary/aromatic N) is 1. The number of nitrogens with one attached hydrogen (secondary N) is 1. The molecule has 0 radical (unpaired) electrons. The molecule has 1 aliphatic rings. The molecule has 1 aromatic rings. The molecular weight excluding hydrogens is 260 g/mol. The average Bonchev–Trinajstić information content (AvgIpc) is 2.39. The van der Waals surface area contributed by atoms with Gasteiger partial charge in [-0.3, -0.25) is 0 Å². The predicted octanol–water partition coefficient (Wildman–Crippen LogP) is 4.03. The third-order valence-electron chi connectivity index (χ3n) is 4.10. The van der Waals surface area contributed by atoms with Gasteiger partial charge in [-0.15, -0.1) is 0 Å². The molecule has 3 heteroatoms. The molecule has 21 heavy (non-hydrogen) atoms. The number of aromatic nitrogens is 1. The van der Waals surface area contributed by atoms with E-state index >= 15 is 0 Å². The predicted molar refractivity (Wildman–Crippen MR) is 87.4 cm³/mol. The molecule has 2 unspecified atom stereocenters. The zero-order valence-electron chi connectivity index (χ0n) is 13.9. The quantitative estimate of drug-likeness (QED) is 0.859. The third kappa shape index (κ3) is 5.66. The van der Waals surface area contributed by atoms with E-state index in [2.05, 4.69) is 44.1 Å². The molecule has 0 aromatic carbocycles. The fourth-order valence-electron chi connectivity index (χ4n) is 3.23. The van der Waals surface area contributed by atoms with Gasteiger partial charge in [-0.25, -0.2) is 4.98 Å². The lowest BCUT2D eigenvalue weighted by atomic mass is 9.82. The van der Waals surface area contributed by atoms with Crippen LogP contribution in [0.1, 0.15) is 52.5 Å². The largest absolute Gasteiger partial charge is 0.474 e. The zero-order valence-corrected chi connectivity index (χ0v) is 13.9. The summed E-state index contributed by atoms with van der Waals surface area (Å²) in [7, 11) is 0. The summed E-state index contributed by atoms with van der Waals surface area (Å²) >= 11 is 0. The van der Waals surface area contributed by atoms with E-state index in [0.717, 1.165) is 43.6 Å². The van der Waals surface area contributed by atoms with Crippen molar-refractivity contribution in [2.24, 2.45) is 17.8 Å². The highest BCUT2D eigenvalue weighted by Crippen LogP contribution is 2.30. The third-order valence-corrected chi connectivity index (χ3v) is 4.10. The normalized spacial score (nSPS) is 26.0. The fraction of sp³-hybridized carbons (Fsp3) is 0.722. The Balaban J connectivity index is 1.81. The monoisotopic (exact) mass is 290 g/mol. The molecule has 1 heterocycles. The van der Waals surface area contributed by atoms with Gasteiger partial charge in [0.25, 0.3) is 0 Å². The van der Waals surface area contributed by atoms with Crippen molar-refractivity contribution >= 4 is 0 Å². The number of hydrogen-bond acceptors (Lipinski definition) is 3. The molecule has 118 valence electrons. The minimum Gasteiger partial charge on any atom is -0.474 e.